The van der Waals surface area contributed by atoms with Gasteiger partial charge >= 0.3 is 0 Å². The third-order valence-corrected chi connectivity index (χ3v) is 2.28. The Bertz CT molecular complexity index is 304. The van der Waals surface area contributed by atoms with Crippen molar-refractivity contribution in [2.75, 3.05) is 45.9 Å². The van der Waals surface area contributed by atoms with Crippen molar-refractivity contribution in [3.63, 3.8) is 0 Å². The molecule has 0 saturated carbocycles. The van der Waals surface area contributed by atoms with Crippen molar-refractivity contribution in [1.82, 2.24) is 0 Å². The molecule has 17 heavy (non-hydrogen) atoms. The number of rotatable bonds is 9. The second-order valence-corrected chi connectivity index (χ2v) is 3.62. The lowest BCUT2D eigenvalue weighted by Crippen LogP contribution is -2.10. The van der Waals surface area contributed by atoms with Gasteiger partial charge in [0.25, 0.3) is 0 Å². The predicted octanol–water partition coefficient (Wildman–Crippen LogP) is 2.16. The van der Waals surface area contributed by atoms with E-state index in [0.29, 0.717) is 6.61 Å². The highest BCUT2D eigenvalue weighted by molar-refractivity contribution is 5.47. The summed E-state index contributed by atoms with van der Waals surface area (Å²) in [6, 6.07) is 7.85. The van der Waals surface area contributed by atoms with Crippen LogP contribution in [0, 0.1) is 0 Å². The largest absolute Gasteiger partial charge is 0.497 e. The number of methoxy groups -OCH3 is 2. The SMILES string of the molecule is COCCCOCCNc1cccc(OC)c1. The summed E-state index contributed by atoms with van der Waals surface area (Å²) in [5, 5.41) is 3.27. The fraction of sp³-hybridized carbons (Fsp3) is 0.538. The van der Waals surface area contributed by atoms with E-state index in [1.54, 1.807) is 14.2 Å². The van der Waals surface area contributed by atoms with Crippen molar-refractivity contribution in [2.45, 2.75) is 6.42 Å². The maximum Gasteiger partial charge on any atom is 0.120 e. The molecule has 1 rings (SSSR count). The Morgan fingerprint density at radius 3 is 2.76 bits per heavy atom. The van der Waals surface area contributed by atoms with Gasteiger partial charge in [-0.05, 0) is 18.6 Å². The molecule has 1 aromatic rings. The number of ether oxygens (including phenoxy) is 3. The van der Waals surface area contributed by atoms with Crippen molar-refractivity contribution < 1.29 is 14.2 Å². The summed E-state index contributed by atoms with van der Waals surface area (Å²) in [5.74, 6) is 0.857. The van der Waals surface area contributed by atoms with Crippen molar-refractivity contribution in [2.24, 2.45) is 0 Å². The van der Waals surface area contributed by atoms with Crippen LogP contribution >= 0.6 is 0 Å². The molecule has 0 amide bonds. The van der Waals surface area contributed by atoms with E-state index >= 15 is 0 Å². The number of hydrogen-bond donors (Lipinski definition) is 1. The van der Waals surface area contributed by atoms with Crippen LogP contribution in [0.4, 0.5) is 5.69 Å². The smallest absolute Gasteiger partial charge is 0.120 e. The zero-order valence-corrected chi connectivity index (χ0v) is 10.6. The zero-order valence-electron chi connectivity index (χ0n) is 10.6. The molecule has 1 aromatic carbocycles. The molecule has 0 aromatic heterocycles. The summed E-state index contributed by atoms with van der Waals surface area (Å²) in [6.07, 6.45) is 0.940. The fourth-order valence-corrected chi connectivity index (χ4v) is 1.41. The lowest BCUT2D eigenvalue weighted by atomic mass is 10.3. The van der Waals surface area contributed by atoms with Crippen molar-refractivity contribution >= 4 is 5.69 Å². The lowest BCUT2D eigenvalue weighted by Gasteiger charge is -2.08. The molecule has 96 valence electrons. The molecule has 0 aliphatic heterocycles. The van der Waals surface area contributed by atoms with Crippen LogP contribution in [0.25, 0.3) is 0 Å². The van der Waals surface area contributed by atoms with Gasteiger partial charge in [0.15, 0.2) is 0 Å². The number of nitrogens with one attached hydrogen (secondary N) is 1. The topological polar surface area (TPSA) is 39.7 Å². The number of hydrogen-bond acceptors (Lipinski definition) is 4. The molecular weight excluding hydrogens is 218 g/mol. The first-order chi connectivity index (χ1) is 8.36. The van der Waals surface area contributed by atoms with E-state index in [2.05, 4.69) is 5.32 Å². The summed E-state index contributed by atoms with van der Waals surface area (Å²) in [4.78, 5) is 0. The second kappa shape index (κ2) is 8.84. The average molecular weight is 239 g/mol. The molecule has 4 nitrogen and oxygen atoms in total. The maximum atomic E-state index is 5.44. The van der Waals surface area contributed by atoms with Gasteiger partial charge in [-0.3, -0.25) is 0 Å². The summed E-state index contributed by atoms with van der Waals surface area (Å²) in [6.45, 7) is 2.98. The van der Waals surface area contributed by atoms with Gasteiger partial charge in [-0.25, -0.2) is 0 Å². The number of benzene rings is 1. The maximum absolute atomic E-state index is 5.44. The van der Waals surface area contributed by atoms with E-state index in [1.807, 2.05) is 24.3 Å². The van der Waals surface area contributed by atoms with Gasteiger partial charge in [-0.15, -0.1) is 0 Å². The third kappa shape index (κ3) is 6.14. The third-order valence-electron chi connectivity index (χ3n) is 2.28. The molecule has 0 bridgehead atoms. The molecule has 0 spiro atoms. The van der Waals surface area contributed by atoms with E-state index in [1.165, 1.54) is 0 Å². The van der Waals surface area contributed by atoms with Crippen molar-refractivity contribution in [3.8, 4) is 5.75 Å². The fourth-order valence-electron chi connectivity index (χ4n) is 1.41. The minimum Gasteiger partial charge on any atom is -0.497 e. The minimum atomic E-state index is 0.695. The van der Waals surface area contributed by atoms with Gasteiger partial charge in [0, 0.05) is 38.6 Å². The van der Waals surface area contributed by atoms with Crippen LogP contribution in [0.3, 0.4) is 0 Å². The highest BCUT2D eigenvalue weighted by atomic mass is 16.5. The Balaban J connectivity index is 2.09. The van der Waals surface area contributed by atoms with E-state index in [4.69, 9.17) is 14.2 Å². The molecule has 4 heteroatoms. The Morgan fingerprint density at radius 1 is 1.12 bits per heavy atom. The Labute approximate surface area is 103 Å². The summed E-state index contributed by atoms with van der Waals surface area (Å²) >= 11 is 0. The quantitative estimate of drug-likeness (QED) is 0.670. The van der Waals surface area contributed by atoms with Crippen molar-refractivity contribution in [1.29, 1.82) is 0 Å². The number of anilines is 1. The van der Waals surface area contributed by atoms with E-state index in [9.17, 15) is 0 Å². The van der Waals surface area contributed by atoms with Gasteiger partial charge in [0.2, 0.25) is 0 Å². The molecule has 1 N–H and O–H groups in total. The second-order valence-electron chi connectivity index (χ2n) is 3.62. The highest BCUT2D eigenvalue weighted by Crippen LogP contribution is 2.16. The van der Waals surface area contributed by atoms with Crippen LogP contribution in [0.1, 0.15) is 6.42 Å². The molecule has 0 fully saturated rings. The lowest BCUT2D eigenvalue weighted by molar-refractivity contribution is 0.109. The van der Waals surface area contributed by atoms with E-state index < -0.39 is 0 Å². The van der Waals surface area contributed by atoms with Crippen LogP contribution in [0.5, 0.6) is 5.75 Å². The first kappa shape index (κ1) is 13.8. The molecule has 0 aliphatic rings. The van der Waals surface area contributed by atoms with Gasteiger partial charge < -0.3 is 19.5 Å². The Hall–Kier alpha value is -1.26. The predicted molar refractivity (Wildman–Crippen MR) is 68.8 cm³/mol. The van der Waals surface area contributed by atoms with Crippen molar-refractivity contribution in [3.05, 3.63) is 24.3 Å². The molecular formula is C13H21NO3. The van der Waals surface area contributed by atoms with Crippen LogP contribution in [-0.2, 0) is 9.47 Å². The van der Waals surface area contributed by atoms with E-state index in [0.717, 1.165) is 37.6 Å². The minimum absolute atomic E-state index is 0.695. The summed E-state index contributed by atoms with van der Waals surface area (Å²) in [5.41, 5.74) is 1.05. The van der Waals surface area contributed by atoms with Crippen LogP contribution in [-0.4, -0.2) is 40.6 Å². The summed E-state index contributed by atoms with van der Waals surface area (Å²) < 4.78 is 15.5. The average Bonchev–Trinajstić information content (AvgIpc) is 2.38. The molecule has 0 atom stereocenters. The van der Waals surface area contributed by atoms with Gasteiger partial charge in [-0.2, -0.15) is 0 Å². The first-order valence-corrected chi connectivity index (χ1v) is 5.81. The normalized spacial score (nSPS) is 10.2. The van der Waals surface area contributed by atoms with Gasteiger partial charge in [-0.1, -0.05) is 6.07 Å². The molecule has 0 heterocycles. The monoisotopic (exact) mass is 239 g/mol. The standard InChI is InChI=1S/C13H21NO3/c1-15-8-4-9-17-10-7-14-12-5-3-6-13(11-12)16-2/h3,5-6,11,14H,4,7-10H2,1-2H3. The Morgan fingerprint density at radius 2 is 2.00 bits per heavy atom. The molecule has 0 radical (unpaired) electrons. The van der Waals surface area contributed by atoms with Gasteiger partial charge in [0.1, 0.15) is 5.75 Å². The van der Waals surface area contributed by atoms with Crippen LogP contribution < -0.4 is 10.1 Å². The first-order valence-electron chi connectivity index (χ1n) is 5.81. The highest BCUT2D eigenvalue weighted by Gasteiger charge is 1.94. The van der Waals surface area contributed by atoms with Crippen LogP contribution in [0.15, 0.2) is 24.3 Å². The van der Waals surface area contributed by atoms with Crippen LogP contribution in [0.2, 0.25) is 0 Å². The zero-order chi connectivity index (χ0) is 12.3. The Kier molecular flexibility index (Phi) is 7.18. The van der Waals surface area contributed by atoms with Gasteiger partial charge in [0.05, 0.1) is 13.7 Å². The van der Waals surface area contributed by atoms with E-state index in [-0.39, 0.29) is 0 Å². The molecule has 0 unspecified atom stereocenters. The molecule has 0 saturated heterocycles. The molecule has 0 aliphatic carbocycles. The summed E-state index contributed by atoms with van der Waals surface area (Å²) in [7, 11) is 3.36.